The predicted octanol–water partition coefficient (Wildman–Crippen LogP) is 2.21. The molecule has 1 amide bonds. The number of hydrogen-bond acceptors (Lipinski definition) is 7. The molecule has 0 saturated carbocycles. The Balaban J connectivity index is 2.05. The lowest BCUT2D eigenvalue weighted by molar-refractivity contribution is -0.384. The van der Waals surface area contributed by atoms with E-state index in [9.17, 15) is 19.7 Å². The number of nitrogens with zero attached hydrogens (tertiary/aromatic N) is 2. The molecule has 1 heterocycles. The summed E-state index contributed by atoms with van der Waals surface area (Å²) in [6.07, 6.45) is 1.56. The van der Waals surface area contributed by atoms with Gasteiger partial charge in [-0.2, -0.15) is 0 Å². The van der Waals surface area contributed by atoms with Crippen LogP contribution in [0.15, 0.2) is 18.2 Å². The first-order chi connectivity index (χ1) is 12.9. The lowest BCUT2D eigenvalue weighted by atomic mass is 9.97. The monoisotopic (exact) mass is 379 g/mol. The second-order valence-electron chi connectivity index (χ2n) is 6.39. The molecule has 2 rings (SSSR count). The van der Waals surface area contributed by atoms with Gasteiger partial charge in [-0.05, 0) is 39.3 Å². The summed E-state index contributed by atoms with van der Waals surface area (Å²) in [6.45, 7) is 5.05. The van der Waals surface area contributed by atoms with Crippen LogP contribution in [0.5, 0.6) is 5.75 Å². The highest BCUT2D eigenvalue weighted by molar-refractivity contribution is 5.96. The molecule has 27 heavy (non-hydrogen) atoms. The van der Waals surface area contributed by atoms with Crippen molar-refractivity contribution >= 4 is 23.3 Å². The van der Waals surface area contributed by atoms with Crippen molar-refractivity contribution in [3.8, 4) is 5.75 Å². The SMILES string of the molecule is CCOC(=O)[C@H]1CCCN([C@@H](C)C(=O)Nc2ccc([N+](=O)[O-])cc2OC)C1. The van der Waals surface area contributed by atoms with Gasteiger partial charge in [-0.3, -0.25) is 24.6 Å². The minimum absolute atomic E-state index is 0.119. The van der Waals surface area contributed by atoms with Crippen molar-refractivity contribution in [2.75, 3.05) is 32.1 Å². The first kappa shape index (κ1) is 20.6. The van der Waals surface area contributed by atoms with E-state index >= 15 is 0 Å². The second kappa shape index (κ2) is 9.31. The molecule has 1 saturated heterocycles. The number of non-ortho nitro benzene ring substituents is 1. The van der Waals surface area contributed by atoms with E-state index in [2.05, 4.69) is 5.32 Å². The minimum atomic E-state index is -0.528. The number of amides is 1. The maximum absolute atomic E-state index is 12.6. The zero-order chi connectivity index (χ0) is 20.0. The molecule has 0 spiro atoms. The third-order valence-corrected chi connectivity index (χ3v) is 4.65. The summed E-state index contributed by atoms with van der Waals surface area (Å²) < 4.78 is 10.2. The molecule has 9 heteroatoms. The van der Waals surface area contributed by atoms with Crippen molar-refractivity contribution in [3.05, 3.63) is 28.3 Å². The number of piperidine rings is 1. The standard InChI is InChI=1S/C18H25N3O6/c1-4-27-18(23)13-6-5-9-20(11-13)12(2)17(22)19-15-8-7-14(21(24)25)10-16(15)26-3/h7-8,10,12-13H,4-6,9,11H2,1-3H3,(H,19,22)/t12-,13-/m0/s1. The van der Waals surface area contributed by atoms with Crippen molar-refractivity contribution in [3.63, 3.8) is 0 Å². The van der Waals surface area contributed by atoms with Crippen molar-refractivity contribution in [1.82, 2.24) is 4.90 Å². The molecule has 0 unspecified atom stereocenters. The Labute approximate surface area is 157 Å². The third-order valence-electron chi connectivity index (χ3n) is 4.65. The fourth-order valence-electron chi connectivity index (χ4n) is 3.11. The molecule has 0 bridgehead atoms. The van der Waals surface area contributed by atoms with Gasteiger partial charge in [0.25, 0.3) is 5.69 Å². The maximum atomic E-state index is 12.6. The topological polar surface area (TPSA) is 111 Å². The van der Waals surface area contributed by atoms with Gasteiger partial charge in [0.2, 0.25) is 5.91 Å². The quantitative estimate of drug-likeness (QED) is 0.439. The van der Waals surface area contributed by atoms with E-state index in [1.165, 1.54) is 25.3 Å². The fourth-order valence-corrected chi connectivity index (χ4v) is 3.11. The molecule has 2 atom stereocenters. The summed E-state index contributed by atoms with van der Waals surface area (Å²) in [4.78, 5) is 36.9. The van der Waals surface area contributed by atoms with Crippen LogP contribution >= 0.6 is 0 Å². The number of carbonyl (C=O) groups excluding carboxylic acids is 2. The molecule has 9 nitrogen and oxygen atoms in total. The van der Waals surface area contributed by atoms with Crippen molar-refractivity contribution < 1.29 is 24.0 Å². The van der Waals surface area contributed by atoms with Crippen LogP contribution in [0.25, 0.3) is 0 Å². The number of nitro groups is 1. The minimum Gasteiger partial charge on any atom is -0.494 e. The van der Waals surface area contributed by atoms with E-state index in [1.807, 2.05) is 4.90 Å². The number of benzene rings is 1. The van der Waals surface area contributed by atoms with E-state index in [0.29, 0.717) is 25.4 Å². The largest absolute Gasteiger partial charge is 0.494 e. The van der Waals surface area contributed by atoms with Gasteiger partial charge >= 0.3 is 5.97 Å². The van der Waals surface area contributed by atoms with Crippen LogP contribution in [-0.4, -0.2) is 54.5 Å². The van der Waals surface area contributed by atoms with Crippen LogP contribution in [-0.2, 0) is 14.3 Å². The van der Waals surface area contributed by atoms with Crippen molar-refractivity contribution in [2.24, 2.45) is 5.92 Å². The number of rotatable bonds is 7. The summed E-state index contributed by atoms with van der Waals surface area (Å²) in [5.74, 6) is -0.519. The van der Waals surface area contributed by atoms with E-state index in [1.54, 1.807) is 13.8 Å². The number of esters is 1. The molecule has 148 valence electrons. The number of carbonyl (C=O) groups is 2. The van der Waals surface area contributed by atoms with Gasteiger partial charge < -0.3 is 14.8 Å². The van der Waals surface area contributed by atoms with Crippen molar-refractivity contribution in [1.29, 1.82) is 0 Å². The van der Waals surface area contributed by atoms with Crippen LogP contribution in [0, 0.1) is 16.0 Å². The zero-order valence-corrected chi connectivity index (χ0v) is 15.8. The van der Waals surface area contributed by atoms with E-state index in [-0.39, 0.29) is 29.2 Å². The molecule has 1 aliphatic rings. The Kier molecular flexibility index (Phi) is 7.12. The molecule has 1 aromatic rings. The zero-order valence-electron chi connectivity index (χ0n) is 15.8. The van der Waals surface area contributed by atoms with Crippen LogP contribution in [0.3, 0.4) is 0 Å². The lowest BCUT2D eigenvalue weighted by Gasteiger charge is -2.35. The lowest BCUT2D eigenvalue weighted by Crippen LogP contribution is -2.48. The Bertz CT molecular complexity index is 708. The average Bonchev–Trinajstić information content (AvgIpc) is 2.67. The van der Waals surface area contributed by atoms with E-state index in [0.717, 1.165) is 12.8 Å². The Morgan fingerprint density at radius 3 is 2.81 bits per heavy atom. The molecular weight excluding hydrogens is 354 g/mol. The van der Waals surface area contributed by atoms with Gasteiger partial charge in [0.1, 0.15) is 5.75 Å². The smallest absolute Gasteiger partial charge is 0.310 e. The van der Waals surface area contributed by atoms with Gasteiger partial charge in [0.05, 0.1) is 42.4 Å². The van der Waals surface area contributed by atoms with Gasteiger partial charge in [0.15, 0.2) is 0 Å². The highest BCUT2D eigenvalue weighted by Crippen LogP contribution is 2.29. The van der Waals surface area contributed by atoms with Gasteiger partial charge in [0, 0.05) is 12.6 Å². The Morgan fingerprint density at radius 2 is 2.19 bits per heavy atom. The van der Waals surface area contributed by atoms with Gasteiger partial charge in [-0.25, -0.2) is 0 Å². The van der Waals surface area contributed by atoms with Crippen LogP contribution in [0.2, 0.25) is 0 Å². The Morgan fingerprint density at radius 1 is 1.44 bits per heavy atom. The number of ether oxygens (including phenoxy) is 2. The number of nitrogens with one attached hydrogen (secondary N) is 1. The summed E-state index contributed by atoms with van der Waals surface area (Å²) in [5, 5.41) is 13.6. The molecule has 1 fully saturated rings. The van der Waals surface area contributed by atoms with Gasteiger partial charge in [-0.1, -0.05) is 0 Å². The summed E-state index contributed by atoms with van der Waals surface area (Å²) in [7, 11) is 1.38. The Hall–Kier alpha value is -2.68. The van der Waals surface area contributed by atoms with Crippen molar-refractivity contribution in [2.45, 2.75) is 32.7 Å². The molecular formula is C18H25N3O6. The number of anilines is 1. The first-order valence-corrected chi connectivity index (χ1v) is 8.91. The second-order valence-corrected chi connectivity index (χ2v) is 6.39. The average molecular weight is 379 g/mol. The summed E-state index contributed by atoms with van der Waals surface area (Å²) in [5.41, 5.74) is 0.241. The van der Waals surface area contributed by atoms with Gasteiger partial charge in [-0.15, -0.1) is 0 Å². The predicted molar refractivity (Wildman–Crippen MR) is 98.7 cm³/mol. The van der Waals surface area contributed by atoms with E-state index in [4.69, 9.17) is 9.47 Å². The first-order valence-electron chi connectivity index (χ1n) is 8.91. The molecule has 1 aromatic carbocycles. The van der Waals surface area contributed by atoms with E-state index < -0.39 is 11.0 Å². The molecule has 0 radical (unpaired) electrons. The third kappa shape index (κ3) is 5.16. The molecule has 1 aliphatic heterocycles. The maximum Gasteiger partial charge on any atom is 0.310 e. The molecule has 0 aromatic heterocycles. The van der Waals surface area contributed by atoms with Crippen LogP contribution < -0.4 is 10.1 Å². The van der Waals surface area contributed by atoms with Crippen LogP contribution in [0.1, 0.15) is 26.7 Å². The number of hydrogen-bond donors (Lipinski definition) is 1. The fraction of sp³-hybridized carbons (Fsp3) is 0.556. The summed E-state index contributed by atoms with van der Waals surface area (Å²) in [6, 6.07) is 3.54. The highest BCUT2D eigenvalue weighted by atomic mass is 16.6. The normalized spacial score (nSPS) is 18.4. The number of methoxy groups -OCH3 is 1. The van der Waals surface area contributed by atoms with Crippen LogP contribution in [0.4, 0.5) is 11.4 Å². The number of likely N-dealkylation sites (tertiary alicyclic amines) is 1. The highest BCUT2D eigenvalue weighted by Gasteiger charge is 2.31. The molecule has 1 N–H and O–H groups in total. The summed E-state index contributed by atoms with van der Waals surface area (Å²) >= 11 is 0. The number of nitro benzene ring substituents is 1. The molecule has 0 aliphatic carbocycles.